The number of benzene rings is 2. The van der Waals surface area contributed by atoms with Crippen LogP contribution in [0.15, 0.2) is 48.9 Å². The minimum Gasteiger partial charge on any atom is -0.495 e. The molecule has 0 unspecified atom stereocenters. The van der Waals surface area contributed by atoms with E-state index in [2.05, 4.69) is 15.0 Å². The molecule has 4 aromatic rings. The third kappa shape index (κ3) is 7.86. The second kappa shape index (κ2) is 14.6. The van der Waals surface area contributed by atoms with Crippen LogP contribution in [-0.2, 0) is 11.3 Å². The summed E-state index contributed by atoms with van der Waals surface area (Å²) < 4.78 is 10.6. The van der Waals surface area contributed by atoms with Crippen molar-refractivity contribution in [1.82, 2.24) is 24.8 Å². The lowest BCUT2D eigenvalue weighted by Crippen LogP contribution is -2.34. The van der Waals surface area contributed by atoms with E-state index in [1.165, 1.54) is 32.7 Å². The Morgan fingerprint density at radius 3 is 2.00 bits per heavy atom. The lowest BCUT2D eigenvalue weighted by atomic mass is 10.00. The van der Waals surface area contributed by atoms with Crippen LogP contribution in [0, 0.1) is 0 Å². The van der Waals surface area contributed by atoms with Gasteiger partial charge in [0, 0.05) is 56.4 Å². The van der Waals surface area contributed by atoms with Gasteiger partial charge in [-0.3, -0.25) is 29.4 Å². The number of carboxylic acid groups (broad SMARTS) is 1. The number of aromatic carboxylic acids is 1. The van der Waals surface area contributed by atoms with Gasteiger partial charge in [0.25, 0.3) is 5.91 Å². The summed E-state index contributed by atoms with van der Waals surface area (Å²) in [6, 6.07) is 7.97. The number of carbonyl (C=O) groups excluding carboxylic acids is 2. The van der Waals surface area contributed by atoms with Crippen LogP contribution < -0.4 is 15.2 Å². The minimum absolute atomic E-state index is 0.0361. The summed E-state index contributed by atoms with van der Waals surface area (Å²) in [5.74, 6) is -0.857. The number of carboxylic acids is 1. The van der Waals surface area contributed by atoms with Gasteiger partial charge < -0.3 is 25.2 Å². The first kappa shape index (κ1) is 33.0. The predicted molar refractivity (Wildman–Crippen MR) is 163 cm³/mol. The smallest absolute Gasteiger partial charge is 0.337 e. The molecule has 0 saturated heterocycles. The molecule has 3 N–H and O–H groups in total. The van der Waals surface area contributed by atoms with Crippen LogP contribution in [0.4, 0.5) is 0 Å². The van der Waals surface area contributed by atoms with Crippen LogP contribution in [0.2, 0.25) is 10.0 Å². The van der Waals surface area contributed by atoms with Crippen LogP contribution in [-0.4, -0.2) is 89.5 Å². The SMILES string of the molecule is CN(CC(=O)N(C)C)Cc1ccc(C(N)=O)nc1.COc1cc(OC)c(Cl)c(-c2ccc(C(=O)O)c3nccnc23)c1Cl. The second-order valence-electron chi connectivity index (χ2n) is 9.38. The molecule has 0 radical (unpaired) electrons. The van der Waals surface area contributed by atoms with Crippen molar-refractivity contribution in [3.8, 4) is 22.6 Å². The summed E-state index contributed by atoms with van der Waals surface area (Å²) in [4.78, 5) is 49.6. The topological polar surface area (TPSA) is 161 Å². The Bertz CT molecular complexity index is 1620. The van der Waals surface area contributed by atoms with Gasteiger partial charge in [0.05, 0.1) is 41.9 Å². The molecule has 4 rings (SSSR count). The maximum atomic E-state index is 11.5. The lowest BCUT2D eigenvalue weighted by molar-refractivity contribution is -0.129. The van der Waals surface area contributed by atoms with E-state index in [0.717, 1.165) is 5.56 Å². The van der Waals surface area contributed by atoms with Crippen molar-refractivity contribution in [1.29, 1.82) is 0 Å². The van der Waals surface area contributed by atoms with Crippen molar-refractivity contribution in [3.63, 3.8) is 0 Å². The molecule has 14 heteroatoms. The van der Waals surface area contributed by atoms with Gasteiger partial charge in [0.15, 0.2) is 0 Å². The third-order valence-electron chi connectivity index (χ3n) is 6.13. The Labute approximate surface area is 258 Å². The monoisotopic (exact) mass is 628 g/mol. The molecule has 0 atom stereocenters. The molecule has 12 nitrogen and oxygen atoms in total. The molecule has 0 bridgehead atoms. The van der Waals surface area contributed by atoms with E-state index in [-0.39, 0.29) is 32.7 Å². The highest BCUT2D eigenvalue weighted by atomic mass is 35.5. The zero-order valence-corrected chi connectivity index (χ0v) is 25.6. The Kier molecular flexibility index (Phi) is 11.2. The Morgan fingerprint density at radius 2 is 1.51 bits per heavy atom. The zero-order valence-electron chi connectivity index (χ0n) is 24.1. The number of rotatable bonds is 9. The van der Waals surface area contributed by atoms with Gasteiger partial charge in [0.2, 0.25) is 5.91 Å². The maximum absolute atomic E-state index is 11.5. The van der Waals surface area contributed by atoms with Gasteiger partial charge in [0.1, 0.15) is 22.7 Å². The number of likely N-dealkylation sites (N-methyl/N-ethyl adjacent to an activating group) is 2. The number of nitrogens with zero attached hydrogens (tertiary/aromatic N) is 5. The molecule has 0 aliphatic carbocycles. The molecule has 43 heavy (non-hydrogen) atoms. The molecule has 0 fully saturated rings. The van der Waals surface area contributed by atoms with E-state index in [9.17, 15) is 19.5 Å². The van der Waals surface area contributed by atoms with E-state index in [0.29, 0.717) is 41.2 Å². The zero-order chi connectivity index (χ0) is 31.8. The van der Waals surface area contributed by atoms with Gasteiger partial charge in [-0.05, 0) is 24.7 Å². The highest BCUT2D eigenvalue weighted by Crippen LogP contribution is 2.47. The van der Waals surface area contributed by atoms with Crippen LogP contribution in [0.5, 0.6) is 11.5 Å². The van der Waals surface area contributed by atoms with E-state index < -0.39 is 11.9 Å². The summed E-state index contributed by atoms with van der Waals surface area (Å²) >= 11 is 12.9. The van der Waals surface area contributed by atoms with Gasteiger partial charge in [-0.1, -0.05) is 35.3 Å². The number of ether oxygens (including phenoxy) is 2. The molecule has 2 amide bonds. The number of aromatic nitrogens is 3. The normalized spacial score (nSPS) is 10.6. The summed E-state index contributed by atoms with van der Waals surface area (Å²) in [5.41, 5.74) is 7.87. The average Bonchev–Trinajstić information content (AvgIpc) is 2.97. The molecule has 226 valence electrons. The summed E-state index contributed by atoms with van der Waals surface area (Å²) in [6.07, 6.45) is 4.49. The molecular formula is C29H30Cl2N6O6. The molecule has 2 aromatic carbocycles. The second-order valence-corrected chi connectivity index (χ2v) is 10.1. The number of halogens is 2. The van der Waals surface area contributed by atoms with Crippen molar-refractivity contribution in [2.24, 2.45) is 5.73 Å². The minimum atomic E-state index is -1.10. The van der Waals surface area contributed by atoms with Gasteiger partial charge in [-0.25, -0.2) is 4.79 Å². The number of hydrogen-bond acceptors (Lipinski definition) is 9. The molecule has 2 aromatic heterocycles. The molecule has 0 spiro atoms. The predicted octanol–water partition coefficient (Wildman–Crippen LogP) is 4.02. The van der Waals surface area contributed by atoms with Gasteiger partial charge >= 0.3 is 5.97 Å². The maximum Gasteiger partial charge on any atom is 0.337 e. The van der Waals surface area contributed by atoms with Crippen molar-refractivity contribution < 1.29 is 29.0 Å². The number of nitrogens with two attached hydrogens (primary N) is 1. The lowest BCUT2D eigenvalue weighted by Gasteiger charge is -2.18. The van der Waals surface area contributed by atoms with Crippen molar-refractivity contribution in [2.75, 3.05) is 41.9 Å². The molecule has 0 aliphatic rings. The fourth-order valence-corrected chi connectivity index (χ4v) is 4.66. The van der Waals surface area contributed by atoms with Crippen molar-refractivity contribution >= 4 is 52.0 Å². The Hall–Kier alpha value is -4.52. The van der Waals surface area contributed by atoms with Crippen LogP contribution >= 0.6 is 23.2 Å². The van der Waals surface area contributed by atoms with Crippen molar-refractivity contribution in [2.45, 2.75) is 6.54 Å². The molecule has 2 heterocycles. The first-order chi connectivity index (χ1) is 20.4. The van der Waals surface area contributed by atoms with E-state index in [4.69, 9.17) is 38.4 Å². The standard InChI is InChI=1S/C17H12Cl2N2O4.C12H18N4O2/c1-24-10-7-11(25-2)14(19)12(13(10)18)8-3-4-9(17(22)23)16-15(8)20-5-6-21-16;1-15(2)11(17)8-16(3)7-9-4-5-10(12(13)18)14-6-9/h3-7H,1-2H3,(H,22,23);4-6H,7-8H2,1-3H3,(H2,13,18). The van der Waals surface area contributed by atoms with E-state index >= 15 is 0 Å². The van der Waals surface area contributed by atoms with Crippen molar-refractivity contribution in [3.05, 3.63) is 75.8 Å². The number of methoxy groups -OCH3 is 2. The van der Waals surface area contributed by atoms with Gasteiger partial charge in [-0.15, -0.1) is 0 Å². The van der Waals surface area contributed by atoms with Crippen LogP contribution in [0.25, 0.3) is 22.2 Å². The van der Waals surface area contributed by atoms with Crippen LogP contribution in [0.3, 0.4) is 0 Å². The highest BCUT2D eigenvalue weighted by Gasteiger charge is 2.23. The third-order valence-corrected chi connectivity index (χ3v) is 6.88. The fraction of sp³-hybridized carbons (Fsp3) is 0.241. The summed E-state index contributed by atoms with van der Waals surface area (Å²) in [5, 5.41) is 9.89. The van der Waals surface area contributed by atoms with E-state index in [1.54, 1.807) is 49.5 Å². The number of amides is 2. The average molecular weight is 630 g/mol. The largest absolute Gasteiger partial charge is 0.495 e. The summed E-state index contributed by atoms with van der Waals surface area (Å²) in [6.45, 7) is 0.927. The molecular weight excluding hydrogens is 599 g/mol. The fourth-order valence-electron chi connectivity index (χ4n) is 3.96. The Morgan fingerprint density at radius 1 is 0.907 bits per heavy atom. The number of hydrogen-bond donors (Lipinski definition) is 2. The number of fused-ring (bicyclic) bond motifs is 1. The first-order valence-electron chi connectivity index (χ1n) is 12.6. The number of primary amides is 1. The van der Waals surface area contributed by atoms with Crippen LogP contribution in [0.1, 0.15) is 26.4 Å². The van der Waals surface area contributed by atoms with Gasteiger partial charge in [-0.2, -0.15) is 0 Å². The molecule has 0 saturated carbocycles. The molecule has 0 aliphatic heterocycles. The highest BCUT2D eigenvalue weighted by molar-refractivity contribution is 6.41. The Balaban J connectivity index is 0.000000250. The quantitative estimate of drug-likeness (QED) is 0.277. The summed E-state index contributed by atoms with van der Waals surface area (Å²) in [7, 11) is 8.25. The van der Waals surface area contributed by atoms with E-state index in [1.807, 2.05) is 11.9 Å². The number of pyridine rings is 1. The number of carbonyl (C=O) groups is 3. The first-order valence-corrected chi connectivity index (χ1v) is 13.4.